The first-order valence-electron chi connectivity index (χ1n) is 9.87. The molecule has 0 radical (unpaired) electrons. The van der Waals surface area contributed by atoms with Crippen molar-refractivity contribution >= 4 is 33.2 Å². The number of aromatic nitrogens is 3. The number of nitrogens with one attached hydrogen (secondary N) is 2. The molecule has 0 atom stereocenters. The fourth-order valence-electron chi connectivity index (χ4n) is 3.14. The number of rotatable bonds is 7. The Morgan fingerprint density at radius 1 is 1.00 bits per heavy atom. The number of pyridine rings is 1. The molecular weight excluding hydrogens is 482 g/mol. The third-order valence-corrected chi connectivity index (χ3v) is 6.14. The maximum Gasteiger partial charge on any atom is 0.264 e. The molecular formula is C22H18F2N6O4S. The third-order valence-electron chi connectivity index (χ3n) is 4.74. The largest absolute Gasteiger partial charge is 0.506 e. The van der Waals surface area contributed by atoms with Crippen LogP contribution in [0.15, 0.2) is 65.8 Å². The highest BCUT2D eigenvalue weighted by Crippen LogP contribution is 2.35. The van der Waals surface area contributed by atoms with Gasteiger partial charge < -0.3 is 20.9 Å². The van der Waals surface area contributed by atoms with Crippen molar-refractivity contribution in [2.24, 2.45) is 0 Å². The summed E-state index contributed by atoms with van der Waals surface area (Å²) in [6.45, 7) is 0. The van der Waals surface area contributed by atoms with Gasteiger partial charge in [0.05, 0.1) is 12.8 Å². The molecule has 0 bridgehead atoms. The van der Waals surface area contributed by atoms with Crippen LogP contribution >= 0.6 is 0 Å². The van der Waals surface area contributed by atoms with E-state index in [1.54, 1.807) is 18.2 Å². The Hall–Kier alpha value is -4.52. The highest BCUT2D eigenvalue weighted by atomic mass is 32.2. The number of hydrogen-bond acceptors (Lipinski definition) is 9. The predicted molar refractivity (Wildman–Crippen MR) is 125 cm³/mol. The van der Waals surface area contributed by atoms with Crippen molar-refractivity contribution in [2.45, 2.75) is 4.90 Å². The Kier molecular flexibility index (Phi) is 6.34. The molecule has 0 saturated carbocycles. The van der Waals surface area contributed by atoms with Crippen LogP contribution in [-0.2, 0) is 10.0 Å². The van der Waals surface area contributed by atoms with Gasteiger partial charge in [-0.25, -0.2) is 27.2 Å². The molecule has 0 aliphatic rings. The first kappa shape index (κ1) is 23.6. The Balaban J connectivity index is 1.70. The van der Waals surface area contributed by atoms with Gasteiger partial charge in [-0.15, -0.1) is 0 Å². The van der Waals surface area contributed by atoms with E-state index in [1.807, 2.05) is 0 Å². The molecule has 35 heavy (non-hydrogen) atoms. The number of anilines is 4. The van der Waals surface area contributed by atoms with E-state index in [2.05, 4.69) is 25.0 Å². The summed E-state index contributed by atoms with van der Waals surface area (Å²) < 4.78 is 60.2. The van der Waals surface area contributed by atoms with Crippen molar-refractivity contribution in [3.05, 3.63) is 72.6 Å². The van der Waals surface area contributed by atoms with Crippen molar-refractivity contribution in [3.8, 4) is 22.8 Å². The van der Waals surface area contributed by atoms with Crippen molar-refractivity contribution in [1.29, 1.82) is 0 Å². The first-order valence-corrected chi connectivity index (χ1v) is 11.4. The number of phenolic OH excluding ortho intramolecular Hbond substituents is 1. The van der Waals surface area contributed by atoms with Crippen LogP contribution in [0.2, 0.25) is 0 Å². The number of aromatic hydroxyl groups is 1. The summed E-state index contributed by atoms with van der Waals surface area (Å²) in [5.74, 6) is -1.94. The average Bonchev–Trinajstić information content (AvgIpc) is 2.80. The lowest BCUT2D eigenvalue weighted by molar-refractivity contribution is 0.400. The molecule has 4 rings (SSSR count). The quantitative estimate of drug-likeness (QED) is 0.279. The van der Waals surface area contributed by atoms with Crippen molar-refractivity contribution in [2.75, 3.05) is 22.9 Å². The SMILES string of the molecule is COc1ncc(-c2ccc(O)c(Nc3ccnc(N)n3)c2)cc1NS(=O)(=O)c1ccc(F)cc1F. The molecule has 2 aromatic carbocycles. The van der Waals surface area contributed by atoms with E-state index < -0.39 is 26.6 Å². The molecule has 13 heteroatoms. The minimum absolute atomic E-state index is 0.0412. The summed E-state index contributed by atoms with van der Waals surface area (Å²) in [5.41, 5.74) is 6.76. The van der Waals surface area contributed by atoms with Crippen LogP contribution in [0.1, 0.15) is 0 Å². The number of ether oxygens (including phenoxy) is 1. The lowest BCUT2D eigenvalue weighted by atomic mass is 10.1. The summed E-state index contributed by atoms with van der Waals surface area (Å²) >= 11 is 0. The molecule has 4 aromatic rings. The predicted octanol–water partition coefficient (Wildman–Crippen LogP) is 3.66. The van der Waals surface area contributed by atoms with Crippen LogP contribution in [0, 0.1) is 11.6 Å². The van der Waals surface area contributed by atoms with E-state index >= 15 is 0 Å². The van der Waals surface area contributed by atoms with E-state index in [-0.39, 0.29) is 29.0 Å². The molecule has 5 N–H and O–H groups in total. The molecule has 2 aromatic heterocycles. The molecule has 180 valence electrons. The fraction of sp³-hybridized carbons (Fsp3) is 0.0455. The molecule has 0 aliphatic heterocycles. The van der Waals surface area contributed by atoms with Gasteiger partial charge in [0.1, 0.15) is 33.8 Å². The maximum absolute atomic E-state index is 14.1. The number of benzene rings is 2. The Morgan fingerprint density at radius 2 is 1.77 bits per heavy atom. The van der Waals surface area contributed by atoms with Crippen molar-refractivity contribution < 1.29 is 27.0 Å². The van der Waals surface area contributed by atoms with Crippen LogP contribution in [0.5, 0.6) is 11.6 Å². The molecule has 0 fully saturated rings. The number of nitrogens with zero attached hydrogens (tertiary/aromatic N) is 3. The van der Waals surface area contributed by atoms with Gasteiger partial charge in [-0.05, 0) is 42.0 Å². The minimum atomic E-state index is -4.44. The Bertz CT molecular complexity index is 1520. The molecule has 0 aliphatic carbocycles. The molecule has 2 heterocycles. The van der Waals surface area contributed by atoms with Gasteiger partial charge >= 0.3 is 0 Å². The minimum Gasteiger partial charge on any atom is -0.506 e. The average molecular weight is 500 g/mol. The second-order valence-corrected chi connectivity index (χ2v) is 8.77. The van der Waals surface area contributed by atoms with E-state index in [1.165, 1.54) is 31.6 Å². The normalized spacial score (nSPS) is 11.2. The molecule has 0 spiro atoms. The van der Waals surface area contributed by atoms with Gasteiger partial charge in [0.2, 0.25) is 11.8 Å². The van der Waals surface area contributed by atoms with Crippen LogP contribution in [0.25, 0.3) is 11.1 Å². The summed E-state index contributed by atoms with van der Waals surface area (Å²) in [5, 5.41) is 13.2. The fourth-order valence-corrected chi connectivity index (χ4v) is 4.24. The number of nitrogen functional groups attached to an aromatic ring is 1. The smallest absolute Gasteiger partial charge is 0.264 e. The van der Waals surface area contributed by atoms with Crippen LogP contribution < -0.4 is 20.5 Å². The zero-order valence-corrected chi connectivity index (χ0v) is 18.8. The van der Waals surface area contributed by atoms with Crippen LogP contribution in [0.4, 0.5) is 31.9 Å². The number of sulfonamides is 1. The number of nitrogens with two attached hydrogens (primary N) is 1. The lowest BCUT2D eigenvalue weighted by Gasteiger charge is -2.14. The summed E-state index contributed by atoms with van der Waals surface area (Å²) in [6.07, 6.45) is 2.87. The second-order valence-electron chi connectivity index (χ2n) is 7.12. The maximum atomic E-state index is 14.1. The molecule has 10 nitrogen and oxygen atoms in total. The van der Waals surface area contributed by atoms with Gasteiger partial charge in [0.25, 0.3) is 10.0 Å². The van der Waals surface area contributed by atoms with Crippen molar-refractivity contribution in [3.63, 3.8) is 0 Å². The molecule has 0 saturated heterocycles. The van der Waals surface area contributed by atoms with E-state index in [0.717, 1.165) is 12.1 Å². The summed E-state index contributed by atoms with van der Waals surface area (Å²) in [6, 6.07) is 9.67. The monoisotopic (exact) mass is 500 g/mol. The van der Waals surface area contributed by atoms with Gasteiger partial charge in [0.15, 0.2) is 0 Å². The van der Waals surface area contributed by atoms with E-state index in [0.29, 0.717) is 23.0 Å². The van der Waals surface area contributed by atoms with Gasteiger partial charge in [-0.2, -0.15) is 4.98 Å². The van der Waals surface area contributed by atoms with E-state index in [4.69, 9.17) is 10.5 Å². The number of phenols is 1. The van der Waals surface area contributed by atoms with Gasteiger partial charge in [-0.1, -0.05) is 6.07 Å². The Morgan fingerprint density at radius 3 is 2.49 bits per heavy atom. The van der Waals surface area contributed by atoms with Crippen LogP contribution in [0.3, 0.4) is 0 Å². The highest BCUT2D eigenvalue weighted by molar-refractivity contribution is 7.92. The topological polar surface area (TPSA) is 152 Å². The molecule has 0 unspecified atom stereocenters. The second kappa shape index (κ2) is 9.38. The van der Waals surface area contributed by atoms with Crippen LogP contribution in [-0.4, -0.2) is 35.6 Å². The van der Waals surface area contributed by atoms with E-state index in [9.17, 15) is 22.3 Å². The standard InChI is InChI=1S/C22H18F2N6O4S/c1-34-21-17(30-35(32,33)19-5-3-14(23)10-15(19)24)9-13(11-27-21)12-2-4-18(31)16(8-12)28-20-6-7-26-22(25)29-20/h2-11,30-31H,1H3,(H3,25,26,28,29). The first-order chi connectivity index (χ1) is 16.7. The van der Waals surface area contributed by atoms with Crippen molar-refractivity contribution in [1.82, 2.24) is 15.0 Å². The van der Waals surface area contributed by atoms with Gasteiger partial charge in [-0.3, -0.25) is 4.72 Å². The zero-order valence-electron chi connectivity index (χ0n) is 18.0. The zero-order chi connectivity index (χ0) is 25.2. The third kappa shape index (κ3) is 5.19. The summed E-state index contributed by atoms with van der Waals surface area (Å²) in [7, 11) is -3.16. The Labute approximate surface area is 198 Å². The molecule has 0 amide bonds. The number of methoxy groups -OCH3 is 1. The number of halogens is 2. The highest BCUT2D eigenvalue weighted by Gasteiger charge is 2.22. The summed E-state index contributed by atoms with van der Waals surface area (Å²) in [4.78, 5) is 11.2. The van der Waals surface area contributed by atoms with Gasteiger partial charge in [0, 0.05) is 24.0 Å². The lowest BCUT2D eigenvalue weighted by Crippen LogP contribution is -2.15. The number of hydrogen-bond donors (Lipinski definition) is 4.